The van der Waals surface area contributed by atoms with Crippen molar-refractivity contribution in [3.05, 3.63) is 22.3 Å². The van der Waals surface area contributed by atoms with Crippen molar-refractivity contribution in [2.75, 3.05) is 11.9 Å². The standard InChI is InChI=1S/C10H13Cl3N2/c1-2-7(11)3-4-14-10-9(13)5-8(12)6-15-10/h5-7H,2-4H2,1H3,(H,14,15). The van der Waals surface area contributed by atoms with Gasteiger partial charge >= 0.3 is 0 Å². The number of rotatable bonds is 5. The molecular weight excluding hydrogens is 254 g/mol. The smallest absolute Gasteiger partial charge is 0.144 e. The third-order valence-corrected chi connectivity index (χ3v) is 3.02. The maximum atomic E-state index is 5.98. The van der Waals surface area contributed by atoms with Crippen LogP contribution in [0.25, 0.3) is 0 Å². The molecule has 0 bridgehead atoms. The fraction of sp³-hybridized carbons (Fsp3) is 0.500. The lowest BCUT2D eigenvalue weighted by Gasteiger charge is -2.09. The Morgan fingerprint density at radius 2 is 2.20 bits per heavy atom. The van der Waals surface area contributed by atoms with Crippen LogP contribution in [0.5, 0.6) is 0 Å². The van der Waals surface area contributed by atoms with Gasteiger partial charge in [-0.05, 0) is 18.9 Å². The molecule has 84 valence electrons. The molecule has 0 aliphatic heterocycles. The normalized spacial score (nSPS) is 12.5. The maximum absolute atomic E-state index is 5.98. The van der Waals surface area contributed by atoms with Crippen molar-refractivity contribution in [2.45, 2.75) is 25.1 Å². The summed E-state index contributed by atoms with van der Waals surface area (Å²) in [4.78, 5) is 4.08. The fourth-order valence-electron chi connectivity index (χ4n) is 1.10. The first-order valence-corrected chi connectivity index (χ1v) is 6.01. The van der Waals surface area contributed by atoms with Gasteiger partial charge in [0.25, 0.3) is 0 Å². The van der Waals surface area contributed by atoms with Crippen LogP contribution in [0.15, 0.2) is 12.3 Å². The van der Waals surface area contributed by atoms with Gasteiger partial charge in [0.1, 0.15) is 5.82 Å². The summed E-state index contributed by atoms with van der Waals surface area (Å²) in [6.45, 7) is 2.82. The van der Waals surface area contributed by atoms with Crippen molar-refractivity contribution in [1.82, 2.24) is 4.98 Å². The van der Waals surface area contributed by atoms with Gasteiger partial charge in [-0.15, -0.1) is 11.6 Å². The molecule has 1 unspecified atom stereocenters. The van der Waals surface area contributed by atoms with Crippen LogP contribution in [0, 0.1) is 0 Å². The Morgan fingerprint density at radius 3 is 2.80 bits per heavy atom. The molecule has 0 aliphatic carbocycles. The van der Waals surface area contributed by atoms with E-state index >= 15 is 0 Å². The summed E-state index contributed by atoms with van der Waals surface area (Å²) >= 11 is 17.6. The molecule has 15 heavy (non-hydrogen) atoms. The zero-order chi connectivity index (χ0) is 11.3. The molecule has 1 atom stereocenters. The molecule has 0 aromatic carbocycles. The van der Waals surface area contributed by atoms with Gasteiger partial charge in [0, 0.05) is 18.1 Å². The van der Waals surface area contributed by atoms with Gasteiger partial charge in [0.05, 0.1) is 10.0 Å². The van der Waals surface area contributed by atoms with Crippen LogP contribution in [0.4, 0.5) is 5.82 Å². The molecule has 0 saturated heterocycles. The fourth-order valence-corrected chi connectivity index (χ4v) is 1.65. The number of hydrogen-bond acceptors (Lipinski definition) is 2. The number of pyridine rings is 1. The maximum Gasteiger partial charge on any atom is 0.144 e. The molecule has 5 heteroatoms. The summed E-state index contributed by atoms with van der Waals surface area (Å²) in [5.41, 5.74) is 0. The number of anilines is 1. The van der Waals surface area contributed by atoms with Gasteiger partial charge in [0.15, 0.2) is 0 Å². The van der Waals surface area contributed by atoms with Crippen LogP contribution in [-0.4, -0.2) is 16.9 Å². The van der Waals surface area contributed by atoms with Crippen LogP contribution >= 0.6 is 34.8 Å². The molecule has 0 radical (unpaired) electrons. The molecule has 1 N–H and O–H groups in total. The number of alkyl halides is 1. The molecule has 1 rings (SSSR count). The summed E-state index contributed by atoms with van der Waals surface area (Å²) in [7, 11) is 0. The number of nitrogens with one attached hydrogen (secondary N) is 1. The Kier molecular flexibility index (Phi) is 5.51. The zero-order valence-corrected chi connectivity index (χ0v) is 10.7. The molecule has 0 saturated carbocycles. The highest BCUT2D eigenvalue weighted by Gasteiger charge is 2.04. The Hall–Kier alpha value is -0.180. The predicted octanol–water partition coefficient (Wildman–Crippen LogP) is 4.21. The Balaban J connectivity index is 2.44. The van der Waals surface area contributed by atoms with Crippen molar-refractivity contribution >= 4 is 40.6 Å². The minimum absolute atomic E-state index is 0.198. The summed E-state index contributed by atoms with van der Waals surface area (Å²) in [6, 6.07) is 1.66. The van der Waals surface area contributed by atoms with Crippen molar-refractivity contribution in [1.29, 1.82) is 0 Å². The van der Waals surface area contributed by atoms with Crippen molar-refractivity contribution in [3.63, 3.8) is 0 Å². The summed E-state index contributed by atoms with van der Waals surface area (Å²) in [5.74, 6) is 0.654. The van der Waals surface area contributed by atoms with E-state index in [1.165, 1.54) is 0 Å². The predicted molar refractivity (Wildman–Crippen MR) is 67.3 cm³/mol. The molecule has 0 fully saturated rings. The molecule has 1 aromatic heterocycles. The number of nitrogens with zero attached hydrogens (tertiary/aromatic N) is 1. The lowest BCUT2D eigenvalue weighted by atomic mass is 10.2. The number of hydrogen-bond donors (Lipinski definition) is 1. The highest BCUT2D eigenvalue weighted by Crippen LogP contribution is 2.22. The van der Waals surface area contributed by atoms with E-state index in [0.717, 1.165) is 19.4 Å². The Morgan fingerprint density at radius 1 is 1.47 bits per heavy atom. The van der Waals surface area contributed by atoms with E-state index in [0.29, 0.717) is 15.9 Å². The second-order valence-corrected chi connectivity index (χ2v) is 4.67. The highest BCUT2D eigenvalue weighted by molar-refractivity contribution is 6.35. The third-order valence-electron chi connectivity index (χ3n) is 2.00. The van der Waals surface area contributed by atoms with E-state index in [1.807, 2.05) is 0 Å². The average Bonchev–Trinajstić information content (AvgIpc) is 2.21. The van der Waals surface area contributed by atoms with Crippen molar-refractivity contribution in [3.8, 4) is 0 Å². The summed E-state index contributed by atoms with van der Waals surface area (Å²) < 4.78 is 0. The van der Waals surface area contributed by atoms with Crippen molar-refractivity contribution in [2.24, 2.45) is 0 Å². The molecule has 2 nitrogen and oxygen atoms in total. The molecule has 0 amide bonds. The first kappa shape index (κ1) is 12.9. The van der Waals surface area contributed by atoms with E-state index in [4.69, 9.17) is 34.8 Å². The number of aromatic nitrogens is 1. The van der Waals surface area contributed by atoms with Gasteiger partial charge in [-0.25, -0.2) is 4.98 Å². The Labute approximate surface area is 105 Å². The van der Waals surface area contributed by atoms with Gasteiger partial charge < -0.3 is 5.32 Å². The van der Waals surface area contributed by atoms with E-state index < -0.39 is 0 Å². The van der Waals surface area contributed by atoms with Crippen LogP contribution in [0.1, 0.15) is 19.8 Å². The summed E-state index contributed by atoms with van der Waals surface area (Å²) in [5, 5.41) is 4.39. The molecule has 1 heterocycles. The quantitative estimate of drug-likeness (QED) is 0.809. The molecule has 0 aliphatic rings. The summed E-state index contributed by atoms with van der Waals surface area (Å²) in [6.07, 6.45) is 3.41. The first-order valence-electron chi connectivity index (χ1n) is 4.82. The minimum atomic E-state index is 0.198. The third kappa shape index (κ3) is 4.45. The SMILES string of the molecule is CCC(Cl)CCNc1ncc(Cl)cc1Cl. The molecule has 1 aromatic rings. The monoisotopic (exact) mass is 266 g/mol. The van der Waals surface area contributed by atoms with Gasteiger partial charge in [-0.3, -0.25) is 0 Å². The molecule has 0 spiro atoms. The van der Waals surface area contributed by atoms with Crippen LogP contribution in [0.3, 0.4) is 0 Å². The van der Waals surface area contributed by atoms with E-state index in [9.17, 15) is 0 Å². The van der Waals surface area contributed by atoms with Gasteiger partial charge in [-0.2, -0.15) is 0 Å². The highest BCUT2D eigenvalue weighted by atomic mass is 35.5. The Bertz CT molecular complexity index is 318. The van der Waals surface area contributed by atoms with Crippen LogP contribution < -0.4 is 5.32 Å². The van der Waals surface area contributed by atoms with E-state index in [-0.39, 0.29) is 5.38 Å². The average molecular weight is 268 g/mol. The second kappa shape index (κ2) is 6.41. The topological polar surface area (TPSA) is 24.9 Å². The van der Waals surface area contributed by atoms with E-state index in [2.05, 4.69) is 17.2 Å². The lowest BCUT2D eigenvalue weighted by Crippen LogP contribution is -2.09. The molecular formula is C10H13Cl3N2. The lowest BCUT2D eigenvalue weighted by molar-refractivity contribution is 0.752. The minimum Gasteiger partial charge on any atom is -0.369 e. The largest absolute Gasteiger partial charge is 0.369 e. The van der Waals surface area contributed by atoms with E-state index in [1.54, 1.807) is 12.3 Å². The van der Waals surface area contributed by atoms with Crippen LogP contribution in [-0.2, 0) is 0 Å². The van der Waals surface area contributed by atoms with Crippen LogP contribution in [0.2, 0.25) is 10.0 Å². The first-order chi connectivity index (χ1) is 7.13. The second-order valence-electron chi connectivity index (χ2n) is 3.20. The zero-order valence-electron chi connectivity index (χ0n) is 8.43. The van der Waals surface area contributed by atoms with Gasteiger partial charge in [0.2, 0.25) is 0 Å². The van der Waals surface area contributed by atoms with Crippen molar-refractivity contribution < 1.29 is 0 Å². The number of halogens is 3. The van der Waals surface area contributed by atoms with Gasteiger partial charge in [-0.1, -0.05) is 30.1 Å².